The molecule has 1 aliphatic rings. The molecule has 0 amide bonds. The number of ether oxygens (including phenoxy) is 1. The Bertz CT molecular complexity index is 474. The quantitative estimate of drug-likeness (QED) is 0.239. The Morgan fingerprint density at radius 1 is 1.32 bits per heavy atom. The number of hydrogen-bond acceptors (Lipinski definition) is 10. The molecule has 128 valence electrons. The highest BCUT2D eigenvalue weighted by atomic mass is 16.7. The second-order valence-corrected chi connectivity index (χ2v) is 5.28. The standard InChI is InChI=1S/C11H20N2O9/c1-4(16)10(13)7(18)6(17)5(2-14)22-11(10,21)9(12,3-15)8(19)20/h5-7,14-15,17-18,21H,2-3,12-13H2,1H3,(H,19,20)/t5-,6-,7+,9?,10-,11-/m1/s1. The number of carboxylic acid groups (broad SMARTS) is 1. The lowest BCUT2D eigenvalue weighted by Crippen LogP contribution is -2.89. The summed E-state index contributed by atoms with van der Waals surface area (Å²) < 4.78 is 4.88. The minimum absolute atomic E-state index is 0.809. The zero-order valence-electron chi connectivity index (χ0n) is 11.7. The van der Waals surface area contributed by atoms with Crippen molar-refractivity contribution in [3.8, 4) is 0 Å². The van der Waals surface area contributed by atoms with Crippen LogP contribution in [0.4, 0.5) is 0 Å². The molecule has 1 heterocycles. The third kappa shape index (κ3) is 2.14. The number of Topliss-reactive ketones (excluding diaryl/α,β-unsaturated/α-hetero) is 1. The second kappa shape index (κ2) is 5.79. The van der Waals surface area contributed by atoms with Crippen molar-refractivity contribution in [2.24, 2.45) is 11.5 Å². The number of carbonyl (C=O) groups excluding carboxylic acids is 1. The summed E-state index contributed by atoms with van der Waals surface area (Å²) in [6.45, 7) is -1.55. The summed E-state index contributed by atoms with van der Waals surface area (Å²) in [6, 6.07) is 0. The number of ketones is 1. The van der Waals surface area contributed by atoms with Gasteiger partial charge in [-0.15, -0.1) is 0 Å². The van der Waals surface area contributed by atoms with Gasteiger partial charge in [0.1, 0.15) is 18.3 Å². The zero-order valence-corrected chi connectivity index (χ0v) is 11.7. The maximum atomic E-state index is 11.8. The summed E-state index contributed by atoms with van der Waals surface area (Å²) >= 11 is 0. The first-order valence-corrected chi connectivity index (χ1v) is 6.24. The molecule has 0 aliphatic carbocycles. The maximum Gasteiger partial charge on any atom is 0.331 e. The molecule has 1 rings (SSSR count). The van der Waals surface area contributed by atoms with E-state index in [-0.39, 0.29) is 0 Å². The van der Waals surface area contributed by atoms with Crippen LogP contribution in [-0.2, 0) is 14.3 Å². The molecular formula is C11H20N2O9. The largest absolute Gasteiger partial charge is 0.480 e. The average Bonchev–Trinajstić information content (AvgIpc) is 2.47. The van der Waals surface area contributed by atoms with Gasteiger partial charge < -0.3 is 46.8 Å². The molecule has 0 aromatic rings. The van der Waals surface area contributed by atoms with E-state index >= 15 is 0 Å². The van der Waals surface area contributed by atoms with Crippen LogP contribution in [0.15, 0.2) is 0 Å². The Morgan fingerprint density at radius 2 is 1.82 bits per heavy atom. The molecule has 1 unspecified atom stereocenters. The van der Waals surface area contributed by atoms with Gasteiger partial charge in [0.05, 0.1) is 13.2 Å². The number of aliphatic hydroxyl groups excluding tert-OH is 4. The molecule has 11 heteroatoms. The molecule has 11 nitrogen and oxygen atoms in total. The van der Waals surface area contributed by atoms with E-state index in [4.69, 9.17) is 21.3 Å². The topological polar surface area (TPSA) is 217 Å². The van der Waals surface area contributed by atoms with E-state index in [0.29, 0.717) is 0 Å². The van der Waals surface area contributed by atoms with Crippen molar-refractivity contribution in [2.45, 2.75) is 42.1 Å². The van der Waals surface area contributed by atoms with Crippen molar-refractivity contribution in [3.63, 3.8) is 0 Å². The fourth-order valence-corrected chi connectivity index (χ4v) is 2.45. The number of carboxylic acids is 1. The molecule has 6 atom stereocenters. The summed E-state index contributed by atoms with van der Waals surface area (Å²) in [5, 5.41) is 58.1. The molecule has 1 fully saturated rings. The minimum Gasteiger partial charge on any atom is -0.480 e. The summed E-state index contributed by atoms with van der Waals surface area (Å²) in [7, 11) is 0. The highest BCUT2D eigenvalue weighted by molar-refractivity contribution is 5.91. The zero-order chi connectivity index (χ0) is 17.5. The predicted octanol–water partition coefficient (Wildman–Crippen LogP) is -5.15. The lowest BCUT2D eigenvalue weighted by Gasteiger charge is -2.56. The lowest BCUT2D eigenvalue weighted by atomic mass is 9.67. The van der Waals surface area contributed by atoms with Gasteiger partial charge in [0.2, 0.25) is 5.79 Å². The Balaban J connectivity index is 3.63. The monoisotopic (exact) mass is 324 g/mol. The summed E-state index contributed by atoms with van der Waals surface area (Å²) in [6.07, 6.45) is -5.81. The molecule has 0 bridgehead atoms. The van der Waals surface area contributed by atoms with Gasteiger partial charge in [-0.25, -0.2) is 4.79 Å². The van der Waals surface area contributed by atoms with Crippen LogP contribution in [0.3, 0.4) is 0 Å². The second-order valence-electron chi connectivity index (χ2n) is 5.28. The number of nitrogens with two attached hydrogens (primary N) is 2. The number of rotatable bonds is 5. The van der Waals surface area contributed by atoms with Gasteiger partial charge in [-0.05, 0) is 6.92 Å². The molecule has 22 heavy (non-hydrogen) atoms. The van der Waals surface area contributed by atoms with Crippen LogP contribution < -0.4 is 11.5 Å². The Morgan fingerprint density at radius 3 is 2.14 bits per heavy atom. The van der Waals surface area contributed by atoms with E-state index in [1.807, 2.05) is 0 Å². The van der Waals surface area contributed by atoms with Crippen LogP contribution >= 0.6 is 0 Å². The van der Waals surface area contributed by atoms with Crippen LogP contribution in [0.25, 0.3) is 0 Å². The highest BCUT2D eigenvalue weighted by Gasteiger charge is 2.73. The molecule has 0 spiro atoms. The first kappa shape index (κ1) is 18.9. The summed E-state index contributed by atoms with van der Waals surface area (Å²) in [4.78, 5) is 23.2. The fourth-order valence-electron chi connectivity index (χ4n) is 2.45. The molecule has 0 saturated carbocycles. The molecule has 1 saturated heterocycles. The van der Waals surface area contributed by atoms with Crippen molar-refractivity contribution >= 4 is 11.8 Å². The molecule has 0 aromatic heterocycles. The minimum atomic E-state index is -3.31. The molecule has 10 N–H and O–H groups in total. The van der Waals surface area contributed by atoms with Crippen molar-refractivity contribution in [1.29, 1.82) is 0 Å². The fraction of sp³-hybridized carbons (Fsp3) is 0.818. The smallest absolute Gasteiger partial charge is 0.331 e. The number of carbonyl (C=O) groups is 2. The molecular weight excluding hydrogens is 304 g/mol. The van der Waals surface area contributed by atoms with Crippen LogP contribution in [-0.4, -0.2) is 90.8 Å². The van der Waals surface area contributed by atoms with Crippen molar-refractivity contribution in [3.05, 3.63) is 0 Å². The first-order valence-electron chi connectivity index (χ1n) is 6.24. The van der Waals surface area contributed by atoms with Gasteiger partial charge >= 0.3 is 5.97 Å². The first-order chi connectivity index (χ1) is 9.93. The van der Waals surface area contributed by atoms with E-state index in [2.05, 4.69) is 0 Å². The van der Waals surface area contributed by atoms with Gasteiger partial charge in [0.15, 0.2) is 16.9 Å². The lowest BCUT2D eigenvalue weighted by molar-refractivity contribution is -0.356. The van der Waals surface area contributed by atoms with Crippen LogP contribution in [0.5, 0.6) is 0 Å². The van der Waals surface area contributed by atoms with E-state index in [1.165, 1.54) is 0 Å². The Labute approximate surface area is 124 Å². The van der Waals surface area contributed by atoms with E-state index in [9.17, 15) is 35.1 Å². The average molecular weight is 324 g/mol. The van der Waals surface area contributed by atoms with E-state index in [1.54, 1.807) is 0 Å². The summed E-state index contributed by atoms with van der Waals surface area (Å²) in [5.74, 6) is -6.44. The predicted molar refractivity (Wildman–Crippen MR) is 68.2 cm³/mol. The van der Waals surface area contributed by atoms with E-state index in [0.717, 1.165) is 6.92 Å². The van der Waals surface area contributed by atoms with E-state index < -0.39 is 60.1 Å². The van der Waals surface area contributed by atoms with Gasteiger partial charge in [0.25, 0.3) is 0 Å². The maximum absolute atomic E-state index is 11.8. The third-order valence-electron chi connectivity index (χ3n) is 4.05. The Hall–Kier alpha value is -1.18. The van der Waals surface area contributed by atoms with Crippen LogP contribution in [0, 0.1) is 0 Å². The van der Waals surface area contributed by atoms with Gasteiger partial charge in [0, 0.05) is 0 Å². The van der Waals surface area contributed by atoms with Crippen LogP contribution in [0.1, 0.15) is 6.92 Å². The van der Waals surface area contributed by atoms with Gasteiger partial charge in [-0.2, -0.15) is 0 Å². The van der Waals surface area contributed by atoms with Crippen molar-refractivity contribution in [2.75, 3.05) is 13.2 Å². The third-order valence-corrected chi connectivity index (χ3v) is 4.05. The van der Waals surface area contributed by atoms with Gasteiger partial charge in [-0.1, -0.05) is 0 Å². The van der Waals surface area contributed by atoms with Crippen molar-refractivity contribution in [1.82, 2.24) is 0 Å². The number of hydrogen-bond donors (Lipinski definition) is 8. The number of aliphatic carboxylic acids is 1. The molecule has 1 aliphatic heterocycles. The SMILES string of the molecule is CC(=O)[C@@]1(N)[C@@H](O)[C@H](O)[C@@H](CO)O[C@]1(O)C(N)(CO)C(=O)O. The summed E-state index contributed by atoms with van der Waals surface area (Å²) in [5.41, 5.74) is 5.24. The van der Waals surface area contributed by atoms with Crippen LogP contribution in [0.2, 0.25) is 0 Å². The molecule has 0 aromatic carbocycles. The van der Waals surface area contributed by atoms with Gasteiger partial charge in [-0.3, -0.25) is 4.79 Å². The normalized spacial score (nSPS) is 41.7. The Kier molecular flexibility index (Phi) is 4.97. The highest BCUT2D eigenvalue weighted by Crippen LogP contribution is 2.41. The van der Waals surface area contributed by atoms with Crippen molar-refractivity contribution < 1.29 is 45.0 Å². The number of aliphatic hydroxyl groups is 5. The molecule has 0 radical (unpaired) electrons.